The number of carbonyl (C=O) groups excluding carboxylic acids is 1. The number of carbonyl (C=O) groups is 1. The van der Waals surface area contributed by atoms with Crippen molar-refractivity contribution in [2.24, 2.45) is 0 Å². The van der Waals surface area contributed by atoms with Crippen LogP contribution in [0.2, 0.25) is 0 Å². The summed E-state index contributed by atoms with van der Waals surface area (Å²) in [6, 6.07) is 0. The van der Waals surface area contributed by atoms with Crippen molar-refractivity contribution < 1.29 is 9.53 Å². The number of nitrogens with zero attached hydrogens (tertiary/aromatic N) is 1. The molecule has 0 amide bonds. The molecule has 0 aromatic carbocycles. The maximum Gasteiger partial charge on any atom is 0.133 e. The number of morpholine rings is 1. The molecule has 0 spiro atoms. The van der Waals surface area contributed by atoms with Gasteiger partial charge in [-0.1, -0.05) is 6.08 Å². The maximum absolute atomic E-state index is 10.6. The zero-order valence-electron chi connectivity index (χ0n) is 7.45. The Morgan fingerprint density at radius 2 is 2.17 bits per heavy atom. The van der Waals surface area contributed by atoms with E-state index in [1.807, 2.05) is 12.3 Å². The first-order valence-electron chi connectivity index (χ1n) is 4.27. The van der Waals surface area contributed by atoms with Crippen LogP contribution in [0.15, 0.2) is 12.3 Å². The van der Waals surface area contributed by atoms with Gasteiger partial charge in [0.15, 0.2) is 0 Å². The predicted octanol–water partition coefficient (Wildman–Crippen LogP) is 0.811. The molecule has 3 nitrogen and oxygen atoms in total. The second kappa shape index (κ2) is 4.93. The molecule has 0 aromatic rings. The summed E-state index contributed by atoms with van der Waals surface area (Å²) in [4.78, 5) is 12.8. The summed E-state index contributed by atoms with van der Waals surface area (Å²) >= 11 is 0. The minimum Gasteiger partial charge on any atom is -0.378 e. The molecular formula is C9H15NO2. The molecule has 1 saturated heterocycles. The summed E-state index contributed by atoms with van der Waals surface area (Å²) < 4.78 is 5.18. The van der Waals surface area contributed by atoms with Crippen molar-refractivity contribution in [1.29, 1.82) is 0 Å². The molecule has 0 N–H and O–H groups in total. The van der Waals surface area contributed by atoms with Gasteiger partial charge in [-0.25, -0.2) is 0 Å². The highest BCUT2D eigenvalue weighted by Gasteiger charge is 2.04. The van der Waals surface area contributed by atoms with Crippen molar-refractivity contribution in [2.45, 2.75) is 13.3 Å². The number of ketones is 1. The summed E-state index contributed by atoms with van der Waals surface area (Å²) in [5, 5.41) is 0. The van der Waals surface area contributed by atoms with Gasteiger partial charge in [-0.15, -0.1) is 0 Å². The van der Waals surface area contributed by atoms with Crippen molar-refractivity contribution >= 4 is 5.78 Å². The fourth-order valence-corrected chi connectivity index (χ4v) is 1.09. The Hall–Kier alpha value is -0.830. The lowest BCUT2D eigenvalue weighted by molar-refractivity contribution is -0.116. The normalized spacial score (nSPS) is 18.6. The van der Waals surface area contributed by atoms with E-state index < -0.39 is 0 Å². The molecule has 0 radical (unpaired) electrons. The lowest BCUT2D eigenvalue weighted by Crippen LogP contribution is -2.32. The molecule has 3 heteroatoms. The van der Waals surface area contributed by atoms with Crippen LogP contribution < -0.4 is 0 Å². The number of hydrogen-bond donors (Lipinski definition) is 0. The Labute approximate surface area is 73.0 Å². The number of Topliss-reactive ketones (excluding diaryl/α,β-unsaturated/α-hetero) is 1. The first-order valence-corrected chi connectivity index (χ1v) is 4.27. The van der Waals surface area contributed by atoms with Crippen molar-refractivity contribution in [1.82, 2.24) is 4.90 Å². The van der Waals surface area contributed by atoms with Crippen molar-refractivity contribution in [3.63, 3.8) is 0 Å². The van der Waals surface area contributed by atoms with Crippen LogP contribution in [0, 0.1) is 0 Å². The average Bonchev–Trinajstić information content (AvgIpc) is 2.05. The average molecular weight is 169 g/mol. The van der Waals surface area contributed by atoms with Gasteiger partial charge in [-0.2, -0.15) is 0 Å². The van der Waals surface area contributed by atoms with E-state index in [0.29, 0.717) is 6.42 Å². The van der Waals surface area contributed by atoms with Gasteiger partial charge in [0.25, 0.3) is 0 Å². The second-order valence-electron chi connectivity index (χ2n) is 2.94. The monoisotopic (exact) mass is 169 g/mol. The van der Waals surface area contributed by atoms with Crippen molar-refractivity contribution in [3.05, 3.63) is 12.3 Å². The Kier molecular flexibility index (Phi) is 3.80. The van der Waals surface area contributed by atoms with Gasteiger partial charge in [0.2, 0.25) is 0 Å². The second-order valence-corrected chi connectivity index (χ2v) is 2.94. The van der Waals surface area contributed by atoms with Gasteiger partial charge in [-0.3, -0.25) is 4.79 Å². The summed E-state index contributed by atoms with van der Waals surface area (Å²) in [6.07, 6.45) is 4.44. The van der Waals surface area contributed by atoms with Crippen molar-refractivity contribution in [3.8, 4) is 0 Å². The molecule has 0 aliphatic carbocycles. The van der Waals surface area contributed by atoms with E-state index in [4.69, 9.17) is 4.74 Å². The zero-order valence-corrected chi connectivity index (χ0v) is 7.45. The van der Waals surface area contributed by atoms with Gasteiger partial charge >= 0.3 is 0 Å². The topological polar surface area (TPSA) is 29.5 Å². The number of ether oxygens (including phenoxy) is 1. The lowest BCUT2D eigenvalue weighted by atomic mass is 10.3. The lowest BCUT2D eigenvalue weighted by Gasteiger charge is -2.24. The highest BCUT2D eigenvalue weighted by molar-refractivity contribution is 5.76. The number of rotatable bonds is 3. The molecule has 0 bridgehead atoms. The Bertz CT molecular complexity index is 171. The Morgan fingerprint density at radius 3 is 2.75 bits per heavy atom. The molecule has 12 heavy (non-hydrogen) atoms. The highest BCUT2D eigenvalue weighted by Crippen LogP contribution is 1.97. The first-order chi connectivity index (χ1) is 5.79. The number of hydrogen-bond acceptors (Lipinski definition) is 3. The van der Waals surface area contributed by atoms with Crippen LogP contribution in [-0.2, 0) is 9.53 Å². The zero-order chi connectivity index (χ0) is 8.81. The quantitative estimate of drug-likeness (QED) is 0.626. The SMILES string of the molecule is CC(=O)C/C=C/N1CCOCC1. The van der Waals surface area contributed by atoms with Crippen LogP contribution in [0.5, 0.6) is 0 Å². The van der Waals surface area contributed by atoms with E-state index in [1.54, 1.807) is 6.92 Å². The van der Waals surface area contributed by atoms with Gasteiger partial charge in [0.05, 0.1) is 13.2 Å². The molecule has 0 aromatic heterocycles. The van der Waals surface area contributed by atoms with Gasteiger partial charge in [-0.05, 0) is 13.1 Å². The smallest absolute Gasteiger partial charge is 0.133 e. The number of allylic oxidation sites excluding steroid dienone is 1. The third-order valence-electron chi connectivity index (χ3n) is 1.77. The molecule has 68 valence electrons. The van der Waals surface area contributed by atoms with Gasteiger partial charge < -0.3 is 9.64 Å². The minimum absolute atomic E-state index is 0.208. The molecule has 1 rings (SSSR count). The summed E-state index contributed by atoms with van der Waals surface area (Å²) in [5.74, 6) is 0.208. The summed E-state index contributed by atoms with van der Waals surface area (Å²) in [6.45, 7) is 5.07. The molecule has 1 heterocycles. The fraction of sp³-hybridized carbons (Fsp3) is 0.667. The van der Waals surface area contributed by atoms with Crippen LogP contribution in [-0.4, -0.2) is 37.0 Å². The molecule has 1 aliphatic heterocycles. The van der Waals surface area contributed by atoms with E-state index in [9.17, 15) is 4.79 Å². The first kappa shape index (κ1) is 9.26. The molecular weight excluding hydrogens is 154 g/mol. The van der Waals surface area contributed by atoms with E-state index >= 15 is 0 Å². The van der Waals surface area contributed by atoms with Crippen LogP contribution in [0.1, 0.15) is 13.3 Å². The third kappa shape index (κ3) is 3.53. The Balaban J connectivity index is 2.19. The van der Waals surface area contributed by atoms with Gasteiger partial charge in [0.1, 0.15) is 5.78 Å². The van der Waals surface area contributed by atoms with Gasteiger partial charge in [0, 0.05) is 19.5 Å². The highest BCUT2D eigenvalue weighted by atomic mass is 16.5. The van der Waals surface area contributed by atoms with E-state index in [1.165, 1.54) is 0 Å². The maximum atomic E-state index is 10.6. The van der Waals surface area contributed by atoms with Crippen LogP contribution >= 0.6 is 0 Å². The van der Waals surface area contributed by atoms with Crippen LogP contribution in [0.25, 0.3) is 0 Å². The molecule has 0 atom stereocenters. The molecule has 0 saturated carbocycles. The Morgan fingerprint density at radius 1 is 1.50 bits per heavy atom. The summed E-state index contributed by atoms with van der Waals surface area (Å²) in [5.41, 5.74) is 0. The third-order valence-corrected chi connectivity index (χ3v) is 1.77. The van der Waals surface area contributed by atoms with E-state index in [-0.39, 0.29) is 5.78 Å². The summed E-state index contributed by atoms with van der Waals surface area (Å²) in [7, 11) is 0. The van der Waals surface area contributed by atoms with Crippen LogP contribution in [0.4, 0.5) is 0 Å². The van der Waals surface area contributed by atoms with Crippen LogP contribution in [0.3, 0.4) is 0 Å². The van der Waals surface area contributed by atoms with E-state index in [0.717, 1.165) is 26.3 Å². The predicted molar refractivity (Wildman–Crippen MR) is 46.8 cm³/mol. The molecule has 0 unspecified atom stereocenters. The standard InChI is InChI=1S/C9H15NO2/c1-9(11)3-2-4-10-5-7-12-8-6-10/h2,4H,3,5-8H2,1H3/b4-2+. The molecule has 1 aliphatic rings. The van der Waals surface area contributed by atoms with E-state index in [2.05, 4.69) is 4.90 Å². The molecule has 1 fully saturated rings. The van der Waals surface area contributed by atoms with Crippen molar-refractivity contribution in [2.75, 3.05) is 26.3 Å². The minimum atomic E-state index is 0.208. The fourth-order valence-electron chi connectivity index (χ4n) is 1.09. The largest absolute Gasteiger partial charge is 0.378 e.